The van der Waals surface area contributed by atoms with Gasteiger partial charge in [-0.15, -0.1) is 10.2 Å². The molecule has 154 valence electrons. The van der Waals surface area contributed by atoms with Crippen LogP contribution in [0.5, 0.6) is 11.5 Å². The van der Waals surface area contributed by atoms with Crippen molar-refractivity contribution in [2.75, 3.05) is 45.3 Å². The summed E-state index contributed by atoms with van der Waals surface area (Å²) < 4.78 is 10.6. The number of methoxy groups -OCH3 is 2. The van der Waals surface area contributed by atoms with E-state index in [1.807, 2.05) is 65.6 Å². The van der Waals surface area contributed by atoms with Crippen LogP contribution < -0.4 is 14.4 Å². The molecule has 4 rings (SSSR count). The largest absolute Gasteiger partial charge is 0.493 e. The van der Waals surface area contributed by atoms with Crippen molar-refractivity contribution >= 4 is 11.7 Å². The number of carbonyl (C=O) groups is 1. The van der Waals surface area contributed by atoms with E-state index in [2.05, 4.69) is 15.1 Å². The fraction of sp³-hybridized carbons (Fsp3) is 0.261. The molecule has 0 bridgehead atoms. The lowest BCUT2D eigenvalue weighted by Crippen LogP contribution is -2.49. The van der Waals surface area contributed by atoms with Crippen LogP contribution in [0.2, 0.25) is 0 Å². The van der Waals surface area contributed by atoms with Crippen LogP contribution in [0.25, 0.3) is 11.3 Å². The summed E-state index contributed by atoms with van der Waals surface area (Å²) in [5.41, 5.74) is 2.40. The van der Waals surface area contributed by atoms with E-state index < -0.39 is 0 Å². The summed E-state index contributed by atoms with van der Waals surface area (Å²) in [6, 6.07) is 19.0. The van der Waals surface area contributed by atoms with Crippen molar-refractivity contribution < 1.29 is 14.3 Å². The molecule has 1 aromatic heterocycles. The summed E-state index contributed by atoms with van der Waals surface area (Å²) in [4.78, 5) is 16.6. The molecule has 1 saturated heterocycles. The Labute approximate surface area is 175 Å². The van der Waals surface area contributed by atoms with E-state index in [4.69, 9.17) is 9.47 Å². The summed E-state index contributed by atoms with van der Waals surface area (Å²) in [6.07, 6.45) is 0. The zero-order chi connectivity index (χ0) is 20.9. The number of piperazine rings is 1. The molecule has 0 unspecified atom stereocenters. The second-order valence-corrected chi connectivity index (χ2v) is 6.99. The minimum atomic E-state index is 0.0742. The molecular weight excluding hydrogens is 380 g/mol. The third-order valence-electron chi connectivity index (χ3n) is 5.24. The number of benzene rings is 2. The third-order valence-corrected chi connectivity index (χ3v) is 5.24. The number of hydrogen-bond acceptors (Lipinski definition) is 6. The van der Waals surface area contributed by atoms with Crippen molar-refractivity contribution in [2.45, 2.75) is 0 Å². The summed E-state index contributed by atoms with van der Waals surface area (Å²) in [7, 11) is 3.22. The Hall–Kier alpha value is -3.61. The zero-order valence-electron chi connectivity index (χ0n) is 17.1. The molecule has 2 aromatic carbocycles. The molecule has 1 fully saturated rings. The number of ether oxygens (including phenoxy) is 2. The van der Waals surface area contributed by atoms with Crippen LogP contribution in [0.4, 0.5) is 5.82 Å². The number of hydrogen-bond donors (Lipinski definition) is 0. The minimum absolute atomic E-state index is 0.0742. The van der Waals surface area contributed by atoms with Gasteiger partial charge in [0.1, 0.15) is 0 Å². The van der Waals surface area contributed by atoms with Crippen molar-refractivity contribution in [1.82, 2.24) is 15.1 Å². The van der Waals surface area contributed by atoms with Gasteiger partial charge in [0.15, 0.2) is 17.3 Å². The second kappa shape index (κ2) is 8.82. The molecule has 0 spiro atoms. The molecule has 30 heavy (non-hydrogen) atoms. The molecule has 0 saturated carbocycles. The fourth-order valence-electron chi connectivity index (χ4n) is 3.55. The van der Waals surface area contributed by atoms with Gasteiger partial charge in [-0.05, 0) is 42.5 Å². The maximum absolute atomic E-state index is 12.6. The minimum Gasteiger partial charge on any atom is -0.493 e. The van der Waals surface area contributed by atoms with E-state index in [0.717, 1.165) is 35.7 Å². The Kier molecular flexibility index (Phi) is 5.79. The molecule has 1 amide bonds. The van der Waals surface area contributed by atoms with Crippen molar-refractivity contribution in [3.05, 3.63) is 66.2 Å². The standard InChI is InChI=1S/C23H24N4O3/c1-29-20-10-8-18(16-21(20)30-2)19-9-11-22(25-24-19)26-12-14-27(15-13-26)23(28)17-6-4-3-5-7-17/h3-11,16H,12-15H2,1-2H3. The van der Waals surface area contributed by atoms with Gasteiger partial charge < -0.3 is 19.3 Å². The van der Waals surface area contributed by atoms with Crippen molar-refractivity contribution in [3.8, 4) is 22.8 Å². The molecule has 0 aliphatic carbocycles. The maximum Gasteiger partial charge on any atom is 0.253 e. The average Bonchev–Trinajstić information content (AvgIpc) is 2.84. The highest BCUT2D eigenvalue weighted by Gasteiger charge is 2.23. The smallest absolute Gasteiger partial charge is 0.253 e. The first-order valence-electron chi connectivity index (χ1n) is 9.85. The predicted molar refractivity (Wildman–Crippen MR) is 115 cm³/mol. The summed E-state index contributed by atoms with van der Waals surface area (Å²) in [5, 5.41) is 8.79. The Bertz CT molecular complexity index is 1000. The van der Waals surface area contributed by atoms with E-state index in [1.165, 1.54) is 0 Å². The van der Waals surface area contributed by atoms with E-state index in [-0.39, 0.29) is 5.91 Å². The van der Waals surface area contributed by atoms with Crippen LogP contribution in [0, 0.1) is 0 Å². The highest BCUT2D eigenvalue weighted by Crippen LogP contribution is 2.31. The van der Waals surface area contributed by atoms with Crippen molar-refractivity contribution in [2.24, 2.45) is 0 Å². The topological polar surface area (TPSA) is 67.8 Å². The molecule has 7 heteroatoms. The number of aromatic nitrogens is 2. The normalized spacial score (nSPS) is 13.8. The van der Waals surface area contributed by atoms with Gasteiger partial charge in [0.25, 0.3) is 5.91 Å². The fourth-order valence-corrected chi connectivity index (χ4v) is 3.55. The molecule has 7 nitrogen and oxygen atoms in total. The van der Waals surface area contributed by atoms with Gasteiger partial charge >= 0.3 is 0 Å². The quantitative estimate of drug-likeness (QED) is 0.651. The number of nitrogens with zero attached hydrogens (tertiary/aromatic N) is 4. The SMILES string of the molecule is COc1ccc(-c2ccc(N3CCN(C(=O)c4ccccc4)CC3)nn2)cc1OC. The zero-order valence-corrected chi connectivity index (χ0v) is 17.1. The number of carbonyl (C=O) groups excluding carboxylic acids is 1. The number of anilines is 1. The van der Waals surface area contributed by atoms with Gasteiger partial charge in [0.2, 0.25) is 0 Å². The molecule has 0 N–H and O–H groups in total. The van der Waals surface area contributed by atoms with Crippen LogP contribution in [0.15, 0.2) is 60.7 Å². The third kappa shape index (κ3) is 4.05. The van der Waals surface area contributed by atoms with E-state index in [0.29, 0.717) is 24.6 Å². The number of rotatable bonds is 5. The molecular formula is C23H24N4O3. The predicted octanol–water partition coefficient (Wildman–Crippen LogP) is 3.12. The lowest BCUT2D eigenvalue weighted by atomic mass is 10.1. The Morgan fingerprint density at radius 1 is 0.833 bits per heavy atom. The van der Waals surface area contributed by atoms with Crippen LogP contribution in [0.1, 0.15) is 10.4 Å². The summed E-state index contributed by atoms with van der Waals surface area (Å²) >= 11 is 0. The van der Waals surface area contributed by atoms with E-state index in [9.17, 15) is 4.79 Å². The second-order valence-electron chi connectivity index (χ2n) is 6.99. The first-order valence-corrected chi connectivity index (χ1v) is 9.85. The van der Waals surface area contributed by atoms with E-state index >= 15 is 0 Å². The monoisotopic (exact) mass is 404 g/mol. The van der Waals surface area contributed by atoms with Crippen LogP contribution in [0.3, 0.4) is 0 Å². The number of amides is 1. The van der Waals surface area contributed by atoms with Crippen LogP contribution in [-0.4, -0.2) is 61.4 Å². The van der Waals surface area contributed by atoms with Crippen molar-refractivity contribution in [1.29, 1.82) is 0 Å². The van der Waals surface area contributed by atoms with Crippen LogP contribution in [-0.2, 0) is 0 Å². The molecule has 1 aliphatic rings. The van der Waals surface area contributed by atoms with Gasteiger partial charge in [-0.1, -0.05) is 18.2 Å². The average molecular weight is 404 g/mol. The lowest BCUT2D eigenvalue weighted by Gasteiger charge is -2.35. The van der Waals surface area contributed by atoms with Crippen molar-refractivity contribution in [3.63, 3.8) is 0 Å². The Balaban J connectivity index is 1.41. The van der Waals surface area contributed by atoms with Gasteiger partial charge in [0.05, 0.1) is 19.9 Å². The summed E-state index contributed by atoms with van der Waals surface area (Å²) in [5.74, 6) is 2.21. The van der Waals surface area contributed by atoms with Gasteiger partial charge in [-0.2, -0.15) is 0 Å². The summed E-state index contributed by atoms with van der Waals surface area (Å²) in [6.45, 7) is 2.77. The first-order chi connectivity index (χ1) is 14.7. The Morgan fingerprint density at radius 3 is 2.20 bits per heavy atom. The lowest BCUT2D eigenvalue weighted by molar-refractivity contribution is 0.0746. The maximum atomic E-state index is 12.6. The van der Waals surface area contributed by atoms with E-state index in [1.54, 1.807) is 14.2 Å². The molecule has 0 atom stereocenters. The molecule has 3 aromatic rings. The molecule has 1 aliphatic heterocycles. The van der Waals surface area contributed by atoms with Gasteiger partial charge in [-0.3, -0.25) is 4.79 Å². The van der Waals surface area contributed by atoms with Crippen LogP contribution >= 0.6 is 0 Å². The van der Waals surface area contributed by atoms with Gasteiger partial charge in [0, 0.05) is 37.3 Å². The highest BCUT2D eigenvalue weighted by atomic mass is 16.5. The van der Waals surface area contributed by atoms with Gasteiger partial charge in [-0.25, -0.2) is 0 Å². The highest BCUT2D eigenvalue weighted by molar-refractivity contribution is 5.94. The molecule has 0 radical (unpaired) electrons. The first kappa shape index (κ1) is 19.7. The Morgan fingerprint density at radius 2 is 1.57 bits per heavy atom. The molecule has 2 heterocycles.